The first-order valence-corrected chi connectivity index (χ1v) is 18.5. The largest absolute Gasteiger partial charge is 0.215 e. The van der Waals surface area contributed by atoms with Crippen molar-refractivity contribution in [1.29, 1.82) is 0 Å². The first-order chi connectivity index (χ1) is 26.8. The summed E-state index contributed by atoms with van der Waals surface area (Å²) in [6, 6.07) is 71.7. The minimum atomic E-state index is -0.856. The zero-order valence-corrected chi connectivity index (χ0v) is 29.4. The standard InChI is InChI=1S/C51H33N3/c1-3-19-35(20-4-1)47-52-48(50(36-22-5-2-6-23-36)43-29-13-9-25-38(43)39-26-10-14-30-44(39)50)54-49(53-47)51(42-33-17-21-34-18-7-8-24-37(34)42)45-31-15-11-27-40(45)41-28-12-16-32-46(41)51/h1-33H. The average molecular weight is 688 g/mol. The molecule has 0 bridgehead atoms. The molecule has 0 unspecified atom stereocenters. The molecule has 0 amide bonds. The smallest absolute Gasteiger partial charge is 0.163 e. The van der Waals surface area contributed by atoms with E-state index in [2.05, 4.69) is 194 Å². The summed E-state index contributed by atoms with van der Waals surface area (Å²) in [7, 11) is 0. The summed E-state index contributed by atoms with van der Waals surface area (Å²) in [5, 5.41) is 2.34. The highest BCUT2D eigenvalue weighted by molar-refractivity contribution is 5.94. The molecule has 2 aliphatic carbocycles. The average Bonchev–Trinajstić information content (AvgIpc) is 3.73. The zero-order chi connectivity index (χ0) is 35.7. The van der Waals surface area contributed by atoms with Gasteiger partial charge in [-0.05, 0) is 66.4 Å². The normalized spacial score (nSPS) is 14.2. The van der Waals surface area contributed by atoms with E-state index < -0.39 is 10.8 Å². The predicted molar refractivity (Wildman–Crippen MR) is 217 cm³/mol. The molecule has 1 heterocycles. The van der Waals surface area contributed by atoms with E-state index in [4.69, 9.17) is 15.0 Å². The molecule has 1 aromatic heterocycles. The van der Waals surface area contributed by atoms with Crippen LogP contribution in [0.5, 0.6) is 0 Å². The molecular formula is C51H33N3. The molecule has 54 heavy (non-hydrogen) atoms. The highest BCUT2D eigenvalue weighted by Crippen LogP contribution is 2.59. The van der Waals surface area contributed by atoms with Gasteiger partial charge in [0, 0.05) is 5.56 Å². The molecule has 0 saturated carbocycles. The van der Waals surface area contributed by atoms with Gasteiger partial charge < -0.3 is 0 Å². The molecule has 0 N–H and O–H groups in total. The third-order valence-electron chi connectivity index (χ3n) is 11.6. The molecule has 9 aromatic rings. The van der Waals surface area contributed by atoms with E-state index >= 15 is 0 Å². The van der Waals surface area contributed by atoms with E-state index in [1.54, 1.807) is 0 Å². The highest BCUT2D eigenvalue weighted by Gasteiger charge is 2.53. The summed E-state index contributed by atoms with van der Waals surface area (Å²) >= 11 is 0. The molecule has 3 heteroatoms. The van der Waals surface area contributed by atoms with E-state index in [0.717, 1.165) is 16.7 Å². The Balaban J connectivity index is 1.35. The van der Waals surface area contributed by atoms with Crippen LogP contribution in [0.4, 0.5) is 0 Å². The van der Waals surface area contributed by atoms with Gasteiger partial charge in [-0.15, -0.1) is 0 Å². The maximum absolute atomic E-state index is 5.90. The lowest BCUT2D eigenvalue weighted by Crippen LogP contribution is -2.36. The summed E-state index contributed by atoms with van der Waals surface area (Å²) < 4.78 is 0. The van der Waals surface area contributed by atoms with Gasteiger partial charge in [0.15, 0.2) is 17.5 Å². The van der Waals surface area contributed by atoms with Crippen molar-refractivity contribution in [3.8, 4) is 33.6 Å². The number of hydrogen-bond donors (Lipinski definition) is 0. The number of rotatable bonds is 5. The van der Waals surface area contributed by atoms with Gasteiger partial charge in [0.25, 0.3) is 0 Å². The molecule has 8 aromatic carbocycles. The van der Waals surface area contributed by atoms with Crippen LogP contribution in [0.2, 0.25) is 0 Å². The van der Waals surface area contributed by atoms with Crippen molar-refractivity contribution in [3.05, 3.63) is 245 Å². The number of aromatic nitrogens is 3. The first kappa shape index (κ1) is 30.6. The second kappa shape index (κ2) is 11.8. The zero-order valence-electron chi connectivity index (χ0n) is 29.4. The number of hydrogen-bond acceptors (Lipinski definition) is 3. The predicted octanol–water partition coefficient (Wildman–Crippen LogP) is 11.4. The van der Waals surface area contributed by atoms with E-state index in [0.29, 0.717) is 17.5 Å². The Morgan fingerprint density at radius 1 is 0.296 bits per heavy atom. The molecule has 2 aliphatic rings. The second-order valence-corrected chi connectivity index (χ2v) is 14.2. The maximum atomic E-state index is 5.90. The van der Waals surface area contributed by atoms with Gasteiger partial charge in [-0.25, -0.2) is 15.0 Å². The van der Waals surface area contributed by atoms with Crippen molar-refractivity contribution < 1.29 is 0 Å². The number of nitrogens with zero attached hydrogens (tertiary/aromatic N) is 3. The Bertz CT molecular complexity index is 2800. The summed E-state index contributed by atoms with van der Waals surface area (Å²) in [6.07, 6.45) is 0. The van der Waals surface area contributed by atoms with Crippen LogP contribution in [0.15, 0.2) is 200 Å². The molecule has 0 aliphatic heterocycles. The molecule has 0 fully saturated rings. The van der Waals surface area contributed by atoms with Crippen molar-refractivity contribution in [2.75, 3.05) is 0 Å². The number of benzene rings is 8. The van der Waals surface area contributed by atoms with Gasteiger partial charge in [0.05, 0.1) is 0 Å². The molecule has 0 atom stereocenters. The topological polar surface area (TPSA) is 38.7 Å². The van der Waals surface area contributed by atoms with Gasteiger partial charge in [-0.3, -0.25) is 0 Å². The third-order valence-corrected chi connectivity index (χ3v) is 11.6. The fraction of sp³-hybridized carbons (Fsp3) is 0.0392. The highest BCUT2D eigenvalue weighted by atomic mass is 15.1. The molecule has 0 saturated heterocycles. The van der Waals surface area contributed by atoms with E-state index in [9.17, 15) is 0 Å². The Hall–Kier alpha value is -6.97. The summed E-state index contributed by atoms with van der Waals surface area (Å²) in [5.41, 5.74) is 11.0. The van der Waals surface area contributed by atoms with E-state index in [1.807, 2.05) is 6.07 Å². The van der Waals surface area contributed by atoms with E-state index in [1.165, 1.54) is 55.3 Å². The van der Waals surface area contributed by atoms with Crippen molar-refractivity contribution in [2.45, 2.75) is 10.8 Å². The Labute approximate surface area is 314 Å². The van der Waals surface area contributed by atoms with Crippen LogP contribution in [-0.2, 0) is 10.8 Å². The molecule has 0 radical (unpaired) electrons. The SMILES string of the molecule is c1ccc(-c2nc(C3(c4ccccc4)c4ccccc4-c4ccccc43)nc(C3(c4cccc5ccccc45)c4ccccc4-c4ccccc43)n2)cc1. The van der Waals surface area contributed by atoms with Gasteiger partial charge in [-0.1, -0.05) is 200 Å². The van der Waals surface area contributed by atoms with Gasteiger partial charge in [-0.2, -0.15) is 0 Å². The van der Waals surface area contributed by atoms with Crippen LogP contribution < -0.4 is 0 Å². The van der Waals surface area contributed by atoms with Gasteiger partial charge >= 0.3 is 0 Å². The Morgan fingerprint density at radius 3 is 1.28 bits per heavy atom. The lowest BCUT2D eigenvalue weighted by atomic mass is 9.69. The maximum Gasteiger partial charge on any atom is 0.163 e. The van der Waals surface area contributed by atoms with E-state index in [-0.39, 0.29) is 0 Å². The molecule has 0 spiro atoms. The quantitative estimate of drug-likeness (QED) is 0.181. The molecular weight excluding hydrogens is 655 g/mol. The first-order valence-electron chi connectivity index (χ1n) is 18.5. The molecule has 11 rings (SSSR count). The fourth-order valence-electron chi connectivity index (χ4n) is 9.47. The van der Waals surface area contributed by atoms with Crippen molar-refractivity contribution in [3.63, 3.8) is 0 Å². The monoisotopic (exact) mass is 687 g/mol. The minimum Gasteiger partial charge on any atom is -0.215 e. The molecule has 3 nitrogen and oxygen atoms in total. The lowest BCUT2D eigenvalue weighted by molar-refractivity contribution is 0.633. The van der Waals surface area contributed by atoms with Gasteiger partial charge in [0.2, 0.25) is 0 Å². The van der Waals surface area contributed by atoms with Crippen LogP contribution in [0.3, 0.4) is 0 Å². The summed E-state index contributed by atoms with van der Waals surface area (Å²) in [4.78, 5) is 17.1. The van der Waals surface area contributed by atoms with Crippen molar-refractivity contribution >= 4 is 10.8 Å². The summed E-state index contributed by atoms with van der Waals surface area (Å²) in [5.74, 6) is 2.06. The lowest BCUT2D eigenvalue weighted by Gasteiger charge is -2.35. The van der Waals surface area contributed by atoms with Crippen LogP contribution in [0.1, 0.15) is 45.0 Å². The van der Waals surface area contributed by atoms with Crippen molar-refractivity contribution in [2.24, 2.45) is 0 Å². The van der Waals surface area contributed by atoms with Crippen LogP contribution in [0, 0.1) is 0 Å². The van der Waals surface area contributed by atoms with Crippen LogP contribution in [-0.4, -0.2) is 15.0 Å². The number of fused-ring (bicyclic) bond motifs is 7. The minimum absolute atomic E-state index is 0.647. The fourth-order valence-corrected chi connectivity index (χ4v) is 9.47. The van der Waals surface area contributed by atoms with Gasteiger partial charge in [0.1, 0.15) is 10.8 Å². The summed E-state index contributed by atoms with van der Waals surface area (Å²) in [6.45, 7) is 0. The molecule has 252 valence electrons. The van der Waals surface area contributed by atoms with Crippen LogP contribution >= 0.6 is 0 Å². The Kier molecular flexibility index (Phi) is 6.68. The Morgan fingerprint density at radius 2 is 0.704 bits per heavy atom. The second-order valence-electron chi connectivity index (χ2n) is 14.2. The third kappa shape index (κ3) is 4.09. The van der Waals surface area contributed by atoms with Crippen molar-refractivity contribution in [1.82, 2.24) is 15.0 Å². The van der Waals surface area contributed by atoms with Crippen LogP contribution in [0.25, 0.3) is 44.4 Å².